The van der Waals surface area contributed by atoms with E-state index in [-0.39, 0.29) is 0 Å². The first-order valence-corrected chi connectivity index (χ1v) is 9.61. The molecule has 0 amide bonds. The molecule has 0 bridgehead atoms. The van der Waals surface area contributed by atoms with Crippen LogP contribution in [0.2, 0.25) is 0 Å². The van der Waals surface area contributed by atoms with Crippen molar-refractivity contribution >= 4 is 10.9 Å². The second kappa shape index (κ2) is 7.34. The predicted octanol–water partition coefficient (Wildman–Crippen LogP) is 5.42. The molecule has 0 aliphatic rings. The second-order valence-corrected chi connectivity index (χ2v) is 6.98. The summed E-state index contributed by atoms with van der Waals surface area (Å²) in [4.78, 5) is 12.8. The Morgan fingerprint density at radius 3 is 2.34 bits per heavy atom. The van der Waals surface area contributed by atoms with Gasteiger partial charge in [-0.1, -0.05) is 54.6 Å². The van der Waals surface area contributed by atoms with Gasteiger partial charge in [-0.3, -0.25) is 4.98 Å². The fourth-order valence-corrected chi connectivity index (χ4v) is 3.65. The molecule has 3 aromatic heterocycles. The van der Waals surface area contributed by atoms with Crippen LogP contribution < -0.4 is 5.73 Å². The van der Waals surface area contributed by atoms with E-state index in [1.165, 1.54) is 0 Å². The molecule has 0 atom stereocenters. The number of nitrogens with zero attached hydrogens (tertiary/aromatic N) is 2. The Balaban J connectivity index is 1.79. The molecule has 0 saturated carbocycles. The highest BCUT2D eigenvalue weighted by Gasteiger charge is 2.14. The van der Waals surface area contributed by atoms with Gasteiger partial charge >= 0.3 is 0 Å². The molecule has 4 heteroatoms. The zero-order valence-corrected chi connectivity index (χ0v) is 15.8. The maximum Gasteiger partial charge on any atom is 0.0811 e. The van der Waals surface area contributed by atoms with Crippen molar-refractivity contribution < 1.29 is 0 Å². The molecule has 29 heavy (non-hydrogen) atoms. The van der Waals surface area contributed by atoms with Gasteiger partial charge in [0, 0.05) is 47.2 Å². The summed E-state index contributed by atoms with van der Waals surface area (Å²) < 4.78 is 0. The number of pyridine rings is 2. The van der Waals surface area contributed by atoms with Crippen LogP contribution in [0.4, 0.5) is 0 Å². The van der Waals surface area contributed by atoms with Crippen molar-refractivity contribution in [3.63, 3.8) is 0 Å². The third kappa shape index (κ3) is 3.20. The molecule has 4 nitrogen and oxygen atoms in total. The van der Waals surface area contributed by atoms with Crippen molar-refractivity contribution in [2.45, 2.75) is 6.54 Å². The predicted molar refractivity (Wildman–Crippen MR) is 118 cm³/mol. The van der Waals surface area contributed by atoms with Gasteiger partial charge in [0.05, 0.1) is 16.9 Å². The quantitative estimate of drug-likeness (QED) is 0.440. The standard InChI is InChI=1S/C25H20N4/c26-15-17-6-8-19(9-7-17)25-21(18-4-2-1-3-5-18)14-22-23(29-25)11-13-28-24(22)20-10-12-27-16-20/h1-14,16,27H,15,26H2. The lowest BCUT2D eigenvalue weighted by Gasteiger charge is -2.13. The van der Waals surface area contributed by atoms with E-state index in [1.54, 1.807) is 0 Å². The molecular formula is C25H20N4. The molecule has 0 spiro atoms. The fourth-order valence-electron chi connectivity index (χ4n) is 3.65. The monoisotopic (exact) mass is 376 g/mol. The number of H-pyrrole nitrogens is 1. The smallest absolute Gasteiger partial charge is 0.0811 e. The Kier molecular flexibility index (Phi) is 4.39. The van der Waals surface area contributed by atoms with Crippen molar-refractivity contribution in [3.05, 3.63) is 97.0 Å². The molecule has 0 unspecified atom stereocenters. The molecule has 0 radical (unpaired) electrons. The van der Waals surface area contributed by atoms with Gasteiger partial charge in [0.15, 0.2) is 0 Å². The molecule has 2 aromatic carbocycles. The lowest BCUT2D eigenvalue weighted by molar-refractivity contribution is 1.07. The number of aromatic nitrogens is 3. The van der Waals surface area contributed by atoms with E-state index in [2.05, 4.69) is 64.6 Å². The number of nitrogens with one attached hydrogen (secondary N) is 1. The minimum atomic E-state index is 0.530. The molecule has 5 rings (SSSR count). The maximum absolute atomic E-state index is 5.77. The van der Waals surface area contributed by atoms with Gasteiger partial charge in [-0.2, -0.15) is 0 Å². The highest BCUT2D eigenvalue weighted by atomic mass is 14.8. The second-order valence-electron chi connectivity index (χ2n) is 6.98. The van der Waals surface area contributed by atoms with Gasteiger partial charge in [-0.15, -0.1) is 0 Å². The topological polar surface area (TPSA) is 67.6 Å². The highest BCUT2D eigenvalue weighted by molar-refractivity contribution is 5.98. The van der Waals surface area contributed by atoms with Gasteiger partial charge in [0.25, 0.3) is 0 Å². The fraction of sp³-hybridized carbons (Fsp3) is 0.0400. The summed E-state index contributed by atoms with van der Waals surface area (Å²) >= 11 is 0. The van der Waals surface area contributed by atoms with Crippen molar-refractivity contribution in [2.75, 3.05) is 0 Å². The first-order chi connectivity index (χ1) is 14.3. The lowest BCUT2D eigenvalue weighted by atomic mass is 9.96. The summed E-state index contributed by atoms with van der Waals surface area (Å²) in [7, 11) is 0. The number of fused-ring (bicyclic) bond motifs is 1. The molecule has 0 aliphatic carbocycles. The van der Waals surface area contributed by atoms with Crippen LogP contribution in [0.15, 0.2) is 91.4 Å². The van der Waals surface area contributed by atoms with E-state index in [9.17, 15) is 0 Å². The van der Waals surface area contributed by atoms with E-state index in [0.717, 1.165) is 50.1 Å². The summed E-state index contributed by atoms with van der Waals surface area (Å²) in [5, 5.41) is 1.04. The van der Waals surface area contributed by atoms with Crippen LogP contribution in [0.3, 0.4) is 0 Å². The van der Waals surface area contributed by atoms with Crippen LogP contribution in [0.5, 0.6) is 0 Å². The minimum Gasteiger partial charge on any atom is -0.367 e. The molecule has 140 valence electrons. The number of rotatable bonds is 4. The van der Waals surface area contributed by atoms with Crippen LogP contribution in [0.1, 0.15) is 5.56 Å². The number of aromatic amines is 1. The Hall–Kier alpha value is -3.76. The first kappa shape index (κ1) is 17.3. The van der Waals surface area contributed by atoms with Crippen LogP contribution in [0, 0.1) is 0 Å². The van der Waals surface area contributed by atoms with Gasteiger partial charge in [-0.25, -0.2) is 4.98 Å². The average molecular weight is 376 g/mol. The zero-order chi connectivity index (χ0) is 19.6. The molecule has 0 fully saturated rings. The number of hydrogen-bond donors (Lipinski definition) is 2. The summed E-state index contributed by atoms with van der Waals surface area (Å²) in [5.74, 6) is 0. The average Bonchev–Trinajstić information content (AvgIpc) is 3.33. The number of hydrogen-bond acceptors (Lipinski definition) is 3. The van der Waals surface area contributed by atoms with E-state index >= 15 is 0 Å². The van der Waals surface area contributed by atoms with Crippen molar-refractivity contribution in [2.24, 2.45) is 5.73 Å². The van der Waals surface area contributed by atoms with Crippen molar-refractivity contribution in [1.82, 2.24) is 15.0 Å². The third-order valence-electron chi connectivity index (χ3n) is 5.16. The SMILES string of the molecule is NCc1ccc(-c2nc3ccnc(-c4cc[nH]c4)c3cc2-c2ccccc2)cc1. The van der Waals surface area contributed by atoms with Crippen LogP contribution in [-0.4, -0.2) is 15.0 Å². The lowest BCUT2D eigenvalue weighted by Crippen LogP contribution is -1.97. The summed E-state index contributed by atoms with van der Waals surface area (Å²) in [6, 6.07) is 24.9. The van der Waals surface area contributed by atoms with Crippen LogP contribution in [0.25, 0.3) is 44.5 Å². The number of benzene rings is 2. The van der Waals surface area contributed by atoms with Gasteiger partial charge in [-0.05, 0) is 29.3 Å². The summed E-state index contributed by atoms with van der Waals surface area (Å²) in [5.41, 5.74) is 14.0. The van der Waals surface area contributed by atoms with Gasteiger partial charge in [0.2, 0.25) is 0 Å². The Bertz CT molecular complexity index is 1260. The van der Waals surface area contributed by atoms with E-state index in [4.69, 9.17) is 10.7 Å². The molecular weight excluding hydrogens is 356 g/mol. The Labute approximate surface area is 169 Å². The molecule has 0 aliphatic heterocycles. The van der Waals surface area contributed by atoms with Crippen LogP contribution >= 0.6 is 0 Å². The molecule has 3 heterocycles. The van der Waals surface area contributed by atoms with E-state index in [1.807, 2.05) is 36.8 Å². The number of nitrogens with two attached hydrogens (primary N) is 1. The molecule has 0 saturated heterocycles. The first-order valence-electron chi connectivity index (χ1n) is 9.61. The maximum atomic E-state index is 5.77. The molecule has 3 N–H and O–H groups in total. The van der Waals surface area contributed by atoms with E-state index < -0.39 is 0 Å². The van der Waals surface area contributed by atoms with Gasteiger partial charge < -0.3 is 10.7 Å². The normalized spacial score (nSPS) is 11.1. The highest BCUT2D eigenvalue weighted by Crippen LogP contribution is 2.36. The Morgan fingerprint density at radius 2 is 1.62 bits per heavy atom. The molecule has 5 aromatic rings. The van der Waals surface area contributed by atoms with Crippen molar-refractivity contribution in [1.29, 1.82) is 0 Å². The van der Waals surface area contributed by atoms with E-state index in [0.29, 0.717) is 6.54 Å². The third-order valence-corrected chi connectivity index (χ3v) is 5.16. The summed E-state index contributed by atoms with van der Waals surface area (Å²) in [6.45, 7) is 0.530. The largest absolute Gasteiger partial charge is 0.367 e. The minimum absolute atomic E-state index is 0.530. The van der Waals surface area contributed by atoms with Crippen molar-refractivity contribution in [3.8, 4) is 33.6 Å². The summed E-state index contributed by atoms with van der Waals surface area (Å²) in [6.07, 6.45) is 5.69. The zero-order valence-electron chi connectivity index (χ0n) is 15.8. The van der Waals surface area contributed by atoms with Gasteiger partial charge in [0.1, 0.15) is 0 Å². The van der Waals surface area contributed by atoms with Crippen LogP contribution in [-0.2, 0) is 6.54 Å². The Morgan fingerprint density at radius 1 is 0.793 bits per heavy atom.